The van der Waals surface area contributed by atoms with Crippen molar-refractivity contribution in [2.45, 2.75) is 51.4 Å². The van der Waals surface area contributed by atoms with Gasteiger partial charge >= 0.3 is 0 Å². The van der Waals surface area contributed by atoms with E-state index in [-0.39, 0.29) is 0 Å². The molecule has 1 aromatic carbocycles. The van der Waals surface area contributed by atoms with Crippen LogP contribution in [0.2, 0.25) is 0 Å². The molecule has 2 aliphatic carbocycles. The average Bonchev–Trinajstić information content (AvgIpc) is 2.39. The first-order valence-corrected chi connectivity index (χ1v) is 7.39. The Hall–Kier alpha value is -0.820. The Morgan fingerprint density at radius 1 is 1.22 bits per heavy atom. The highest BCUT2D eigenvalue weighted by atomic mass is 14.7. The molecule has 0 aliphatic heterocycles. The highest BCUT2D eigenvalue weighted by molar-refractivity contribution is 5.38. The van der Waals surface area contributed by atoms with E-state index in [1.165, 1.54) is 32.1 Å². The van der Waals surface area contributed by atoms with Crippen molar-refractivity contribution in [3.8, 4) is 0 Å². The minimum atomic E-state index is 0.348. The largest absolute Gasteiger partial charge is 0.330 e. The lowest BCUT2D eigenvalue weighted by Crippen LogP contribution is -2.51. The van der Waals surface area contributed by atoms with E-state index in [1.807, 2.05) is 0 Å². The fraction of sp³-hybridized carbons (Fsp3) is 0.647. The first-order valence-electron chi connectivity index (χ1n) is 7.39. The summed E-state index contributed by atoms with van der Waals surface area (Å²) in [4.78, 5) is 0. The summed E-state index contributed by atoms with van der Waals surface area (Å²) in [5, 5.41) is 0. The van der Waals surface area contributed by atoms with Crippen LogP contribution in [-0.4, -0.2) is 6.54 Å². The fourth-order valence-electron chi connectivity index (χ4n) is 4.81. The Balaban J connectivity index is 2.09. The minimum Gasteiger partial charge on any atom is -0.330 e. The van der Waals surface area contributed by atoms with Gasteiger partial charge in [0.1, 0.15) is 0 Å². The van der Waals surface area contributed by atoms with Gasteiger partial charge in [-0.25, -0.2) is 0 Å². The van der Waals surface area contributed by atoms with Crippen LogP contribution in [0, 0.1) is 11.3 Å². The van der Waals surface area contributed by atoms with Crippen LogP contribution in [0.3, 0.4) is 0 Å². The zero-order chi connectivity index (χ0) is 12.8. The second-order valence-electron chi connectivity index (χ2n) is 6.88. The smallest absolute Gasteiger partial charge is 0.00202 e. The molecule has 3 atom stereocenters. The molecule has 1 saturated carbocycles. The summed E-state index contributed by atoms with van der Waals surface area (Å²) < 4.78 is 0. The number of fused-ring (bicyclic) bond motifs is 3. The monoisotopic (exact) mass is 243 g/mol. The normalized spacial score (nSPS) is 38.9. The molecule has 0 bridgehead atoms. The van der Waals surface area contributed by atoms with E-state index in [0.29, 0.717) is 10.8 Å². The van der Waals surface area contributed by atoms with Gasteiger partial charge in [0, 0.05) is 0 Å². The maximum Gasteiger partial charge on any atom is -0.00202 e. The van der Waals surface area contributed by atoms with Crippen LogP contribution in [-0.2, 0) is 11.8 Å². The zero-order valence-corrected chi connectivity index (χ0v) is 11.7. The SMILES string of the molecule is C[C@@]1(CN)CCC[C@]2(C)c3ccccc3CCC12. The van der Waals surface area contributed by atoms with E-state index >= 15 is 0 Å². The number of rotatable bonds is 1. The van der Waals surface area contributed by atoms with Crippen LogP contribution < -0.4 is 5.73 Å². The molecule has 98 valence electrons. The molecular formula is C17H25N. The van der Waals surface area contributed by atoms with Gasteiger partial charge in [-0.2, -0.15) is 0 Å². The van der Waals surface area contributed by atoms with Crippen molar-refractivity contribution >= 4 is 0 Å². The second kappa shape index (κ2) is 4.09. The van der Waals surface area contributed by atoms with Gasteiger partial charge in [0.15, 0.2) is 0 Å². The third-order valence-electron chi connectivity index (χ3n) is 5.86. The standard InChI is InChI=1S/C17H25N/c1-16(12-18)10-5-11-17(2)14-7-4-3-6-13(14)8-9-15(16)17/h3-4,6-7,15H,5,8-12,18H2,1-2H3/t15?,16-,17+/m0/s1. The van der Waals surface area contributed by atoms with Gasteiger partial charge in [0.2, 0.25) is 0 Å². The van der Waals surface area contributed by atoms with Crippen molar-refractivity contribution in [1.29, 1.82) is 0 Å². The number of aryl methyl sites for hydroxylation is 1. The summed E-state index contributed by atoms with van der Waals surface area (Å²) in [7, 11) is 0. The van der Waals surface area contributed by atoms with E-state index in [9.17, 15) is 0 Å². The predicted molar refractivity (Wildman–Crippen MR) is 76.6 cm³/mol. The summed E-state index contributed by atoms with van der Waals surface area (Å²) in [5.41, 5.74) is 10.0. The van der Waals surface area contributed by atoms with Crippen LogP contribution in [0.15, 0.2) is 24.3 Å². The Labute approximate surface area is 111 Å². The topological polar surface area (TPSA) is 26.0 Å². The van der Waals surface area contributed by atoms with Crippen molar-refractivity contribution in [3.63, 3.8) is 0 Å². The maximum atomic E-state index is 6.12. The van der Waals surface area contributed by atoms with Crippen LogP contribution >= 0.6 is 0 Å². The van der Waals surface area contributed by atoms with Gasteiger partial charge < -0.3 is 5.73 Å². The summed E-state index contributed by atoms with van der Waals surface area (Å²) in [6.07, 6.45) is 6.54. The highest BCUT2D eigenvalue weighted by Gasteiger charge is 2.50. The first kappa shape index (κ1) is 12.2. The molecular weight excluding hydrogens is 218 g/mol. The Kier molecular flexibility index (Phi) is 2.78. The first-order chi connectivity index (χ1) is 8.60. The van der Waals surface area contributed by atoms with Crippen molar-refractivity contribution in [2.24, 2.45) is 17.1 Å². The van der Waals surface area contributed by atoms with Crippen molar-refractivity contribution in [1.82, 2.24) is 0 Å². The molecule has 0 saturated heterocycles. The fourth-order valence-corrected chi connectivity index (χ4v) is 4.81. The number of benzene rings is 1. The highest BCUT2D eigenvalue weighted by Crippen LogP contribution is 2.56. The number of hydrogen-bond donors (Lipinski definition) is 1. The lowest BCUT2D eigenvalue weighted by atomic mass is 9.50. The number of hydrogen-bond acceptors (Lipinski definition) is 1. The molecule has 1 nitrogen and oxygen atoms in total. The summed E-state index contributed by atoms with van der Waals surface area (Å²) >= 11 is 0. The molecule has 3 rings (SSSR count). The molecule has 1 aromatic rings. The van der Waals surface area contributed by atoms with E-state index < -0.39 is 0 Å². The lowest BCUT2D eigenvalue weighted by Gasteiger charge is -2.55. The van der Waals surface area contributed by atoms with Crippen LogP contribution in [0.4, 0.5) is 0 Å². The number of nitrogens with two attached hydrogens (primary N) is 1. The van der Waals surface area contributed by atoms with Crippen molar-refractivity contribution < 1.29 is 0 Å². The van der Waals surface area contributed by atoms with Gasteiger partial charge in [-0.05, 0) is 60.1 Å². The van der Waals surface area contributed by atoms with E-state index in [2.05, 4.69) is 38.1 Å². The van der Waals surface area contributed by atoms with Crippen molar-refractivity contribution in [2.75, 3.05) is 6.54 Å². The summed E-state index contributed by atoms with van der Waals surface area (Å²) in [5.74, 6) is 0.763. The van der Waals surface area contributed by atoms with Crippen LogP contribution in [0.5, 0.6) is 0 Å². The molecule has 18 heavy (non-hydrogen) atoms. The zero-order valence-electron chi connectivity index (χ0n) is 11.7. The Morgan fingerprint density at radius 3 is 2.78 bits per heavy atom. The molecule has 0 amide bonds. The predicted octanol–water partition coefficient (Wildman–Crippen LogP) is 3.66. The third-order valence-corrected chi connectivity index (χ3v) is 5.86. The summed E-state index contributed by atoms with van der Waals surface area (Å²) in [6, 6.07) is 9.09. The van der Waals surface area contributed by atoms with Gasteiger partial charge in [-0.3, -0.25) is 0 Å². The van der Waals surface area contributed by atoms with Crippen LogP contribution in [0.25, 0.3) is 0 Å². The van der Waals surface area contributed by atoms with Gasteiger partial charge in [0.05, 0.1) is 0 Å². The maximum absolute atomic E-state index is 6.12. The minimum absolute atomic E-state index is 0.348. The van der Waals surface area contributed by atoms with E-state index in [1.54, 1.807) is 11.1 Å². The average molecular weight is 243 g/mol. The summed E-state index contributed by atoms with van der Waals surface area (Å²) in [6.45, 7) is 5.75. The van der Waals surface area contributed by atoms with Gasteiger partial charge in [0.25, 0.3) is 0 Å². The molecule has 0 heterocycles. The second-order valence-corrected chi connectivity index (χ2v) is 6.88. The van der Waals surface area contributed by atoms with Crippen LogP contribution in [0.1, 0.15) is 50.7 Å². The Morgan fingerprint density at radius 2 is 2.00 bits per heavy atom. The molecule has 2 aliphatic rings. The van der Waals surface area contributed by atoms with Crippen molar-refractivity contribution in [3.05, 3.63) is 35.4 Å². The van der Waals surface area contributed by atoms with Gasteiger partial charge in [-0.1, -0.05) is 44.5 Å². The molecule has 0 aromatic heterocycles. The van der Waals surface area contributed by atoms with Gasteiger partial charge in [-0.15, -0.1) is 0 Å². The Bertz CT molecular complexity index is 453. The van der Waals surface area contributed by atoms with E-state index in [4.69, 9.17) is 5.73 Å². The molecule has 0 spiro atoms. The quantitative estimate of drug-likeness (QED) is 0.800. The molecule has 0 radical (unpaired) electrons. The molecule has 1 heteroatoms. The van der Waals surface area contributed by atoms with E-state index in [0.717, 1.165) is 12.5 Å². The third kappa shape index (κ3) is 1.56. The molecule has 2 N–H and O–H groups in total. The lowest BCUT2D eigenvalue weighted by molar-refractivity contribution is 0.0327. The molecule has 1 unspecified atom stereocenters. The molecule has 1 fully saturated rings.